The number of hydrogen-bond donors (Lipinski definition) is 1. The number of alkyl halides is 1. The largest absolute Gasteiger partial charge is 0.330 e. The van der Waals surface area contributed by atoms with Gasteiger partial charge >= 0.3 is 0 Å². The van der Waals surface area contributed by atoms with Crippen LogP contribution in [0.15, 0.2) is 23.8 Å². The molecule has 64 valence electrons. The summed E-state index contributed by atoms with van der Waals surface area (Å²) in [7, 11) is 0. The Labute approximate surface area is 67.8 Å². The Kier molecular flexibility index (Phi) is 7.05. The van der Waals surface area contributed by atoms with Crippen molar-refractivity contribution in [2.24, 2.45) is 5.73 Å². The van der Waals surface area contributed by atoms with E-state index in [4.69, 9.17) is 5.73 Å². The Morgan fingerprint density at radius 3 is 2.73 bits per heavy atom. The molecule has 0 unspecified atom stereocenters. The van der Waals surface area contributed by atoms with Crippen LogP contribution in [0.3, 0.4) is 0 Å². The number of nitrogens with two attached hydrogens (primary N) is 1. The van der Waals surface area contributed by atoms with Gasteiger partial charge in [0.05, 0.1) is 0 Å². The number of halogens is 1. The molecule has 11 heavy (non-hydrogen) atoms. The first-order valence-corrected chi connectivity index (χ1v) is 3.96. The molecule has 2 N–H and O–H groups in total. The van der Waals surface area contributed by atoms with Crippen molar-refractivity contribution in [3.05, 3.63) is 23.8 Å². The standard InChI is InChI=1S/C9H16FN/c1-2-3-4-9(5-7-10)6-8-11/h3-5H,2,6-8,11H2,1H3/b4-3-,9-5+. The van der Waals surface area contributed by atoms with Gasteiger partial charge in [0, 0.05) is 0 Å². The molecule has 0 radical (unpaired) electrons. The SMILES string of the molecule is CC/C=C\C(=C/CF)CCN. The summed E-state index contributed by atoms with van der Waals surface area (Å²) in [6.07, 6.45) is 7.26. The molecule has 0 amide bonds. The summed E-state index contributed by atoms with van der Waals surface area (Å²) >= 11 is 0. The lowest BCUT2D eigenvalue weighted by Crippen LogP contribution is -1.99. The van der Waals surface area contributed by atoms with Crippen molar-refractivity contribution in [1.82, 2.24) is 0 Å². The monoisotopic (exact) mass is 157 g/mol. The average Bonchev–Trinajstić information content (AvgIpc) is 2.01. The molecule has 0 aliphatic heterocycles. The van der Waals surface area contributed by atoms with Crippen molar-refractivity contribution in [1.29, 1.82) is 0 Å². The van der Waals surface area contributed by atoms with Gasteiger partial charge in [-0.25, -0.2) is 4.39 Å². The minimum absolute atomic E-state index is 0.399. The highest BCUT2D eigenvalue weighted by Gasteiger charge is 1.88. The fraction of sp³-hybridized carbons (Fsp3) is 0.556. The van der Waals surface area contributed by atoms with Crippen LogP contribution in [-0.2, 0) is 0 Å². The molecule has 0 heterocycles. The molecule has 0 aromatic carbocycles. The van der Waals surface area contributed by atoms with E-state index in [1.165, 1.54) is 0 Å². The molecule has 0 saturated heterocycles. The van der Waals surface area contributed by atoms with Crippen LogP contribution in [0.1, 0.15) is 19.8 Å². The van der Waals surface area contributed by atoms with Gasteiger partial charge < -0.3 is 5.73 Å². The van der Waals surface area contributed by atoms with Crippen molar-refractivity contribution in [2.45, 2.75) is 19.8 Å². The van der Waals surface area contributed by atoms with Crippen LogP contribution < -0.4 is 5.73 Å². The normalized spacial score (nSPS) is 12.8. The van der Waals surface area contributed by atoms with Gasteiger partial charge in [0.15, 0.2) is 0 Å². The number of allylic oxidation sites excluding steroid dienone is 3. The first-order chi connectivity index (χ1) is 5.35. The molecule has 0 atom stereocenters. The fourth-order valence-corrected chi connectivity index (χ4v) is 0.788. The Hall–Kier alpha value is -0.630. The van der Waals surface area contributed by atoms with E-state index < -0.39 is 6.67 Å². The molecule has 0 aromatic heterocycles. The quantitative estimate of drug-likeness (QED) is 0.608. The lowest BCUT2D eigenvalue weighted by molar-refractivity contribution is 0.559. The first kappa shape index (κ1) is 10.4. The summed E-state index contributed by atoms with van der Waals surface area (Å²) in [4.78, 5) is 0. The van der Waals surface area contributed by atoms with Gasteiger partial charge in [0.1, 0.15) is 6.67 Å². The van der Waals surface area contributed by atoms with Crippen LogP contribution >= 0.6 is 0 Å². The highest BCUT2D eigenvalue weighted by atomic mass is 19.1. The summed E-state index contributed by atoms with van der Waals surface area (Å²) in [6, 6.07) is 0. The highest BCUT2D eigenvalue weighted by Crippen LogP contribution is 2.02. The van der Waals surface area contributed by atoms with Gasteiger partial charge in [-0.1, -0.05) is 25.2 Å². The van der Waals surface area contributed by atoms with Crippen molar-refractivity contribution in [2.75, 3.05) is 13.2 Å². The highest BCUT2D eigenvalue weighted by molar-refractivity contribution is 5.18. The summed E-state index contributed by atoms with van der Waals surface area (Å²) in [5.41, 5.74) is 6.33. The van der Waals surface area contributed by atoms with Gasteiger partial charge in [0.2, 0.25) is 0 Å². The third-order valence-corrected chi connectivity index (χ3v) is 1.34. The van der Waals surface area contributed by atoms with E-state index in [-0.39, 0.29) is 0 Å². The van der Waals surface area contributed by atoms with Crippen LogP contribution in [0, 0.1) is 0 Å². The Morgan fingerprint density at radius 2 is 2.27 bits per heavy atom. The van der Waals surface area contributed by atoms with Gasteiger partial charge in [-0.3, -0.25) is 0 Å². The van der Waals surface area contributed by atoms with Crippen molar-refractivity contribution < 1.29 is 4.39 Å². The topological polar surface area (TPSA) is 26.0 Å². The second-order valence-corrected chi connectivity index (χ2v) is 2.28. The van der Waals surface area contributed by atoms with Gasteiger partial charge in [-0.2, -0.15) is 0 Å². The van der Waals surface area contributed by atoms with E-state index in [0.717, 1.165) is 18.4 Å². The molecule has 2 heteroatoms. The zero-order chi connectivity index (χ0) is 8.53. The molecular formula is C9H16FN. The molecule has 0 aliphatic rings. The lowest BCUT2D eigenvalue weighted by atomic mass is 10.1. The second-order valence-electron chi connectivity index (χ2n) is 2.28. The van der Waals surface area contributed by atoms with Crippen LogP contribution in [-0.4, -0.2) is 13.2 Å². The predicted molar refractivity (Wildman–Crippen MR) is 47.2 cm³/mol. The smallest absolute Gasteiger partial charge is 0.108 e. The Bertz CT molecular complexity index is 138. The van der Waals surface area contributed by atoms with Gasteiger partial charge in [-0.05, 0) is 25.0 Å². The lowest BCUT2D eigenvalue weighted by Gasteiger charge is -1.96. The van der Waals surface area contributed by atoms with Crippen molar-refractivity contribution >= 4 is 0 Å². The number of rotatable bonds is 5. The zero-order valence-electron chi connectivity index (χ0n) is 7.02. The third-order valence-electron chi connectivity index (χ3n) is 1.34. The molecule has 0 fully saturated rings. The maximum absolute atomic E-state index is 11.8. The zero-order valence-corrected chi connectivity index (χ0v) is 7.02. The minimum atomic E-state index is -0.399. The maximum atomic E-state index is 11.8. The van der Waals surface area contributed by atoms with Crippen LogP contribution in [0.2, 0.25) is 0 Å². The van der Waals surface area contributed by atoms with Crippen molar-refractivity contribution in [3.8, 4) is 0 Å². The van der Waals surface area contributed by atoms with E-state index in [1.807, 2.05) is 19.1 Å². The molecular weight excluding hydrogens is 141 g/mol. The molecule has 1 nitrogen and oxygen atoms in total. The molecule has 0 spiro atoms. The maximum Gasteiger partial charge on any atom is 0.108 e. The van der Waals surface area contributed by atoms with E-state index in [9.17, 15) is 4.39 Å². The van der Waals surface area contributed by atoms with Crippen LogP contribution in [0.4, 0.5) is 4.39 Å². The molecule has 0 bridgehead atoms. The summed E-state index contributed by atoms with van der Waals surface area (Å²) in [6.45, 7) is 2.23. The van der Waals surface area contributed by atoms with E-state index in [0.29, 0.717) is 6.54 Å². The molecule has 0 aliphatic carbocycles. The summed E-state index contributed by atoms with van der Waals surface area (Å²) in [5, 5.41) is 0. The summed E-state index contributed by atoms with van der Waals surface area (Å²) < 4.78 is 11.8. The van der Waals surface area contributed by atoms with E-state index >= 15 is 0 Å². The van der Waals surface area contributed by atoms with E-state index in [2.05, 4.69) is 0 Å². The molecule has 0 rings (SSSR count). The van der Waals surface area contributed by atoms with Crippen LogP contribution in [0.25, 0.3) is 0 Å². The van der Waals surface area contributed by atoms with Gasteiger partial charge in [-0.15, -0.1) is 0 Å². The van der Waals surface area contributed by atoms with E-state index in [1.54, 1.807) is 6.08 Å². The fourth-order valence-electron chi connectivity index (χ4n) is 0.788. The van der Waals surface area contributed by atoms with Crippen LogP contribution in [0.5, 0.6) is 0 Å². The Balaban J connectivity index is 3.88. The Morgan fingerprint density at radius 1 is 1.55 bits per heavy atom. The molecule has 0 saturated carbocycles. The third kappa shape index (κ3) is 5.80. The summed E-state index contributed by atoms with van der Waals surface area (Å²) in [5.74, 6) is 0. The predicted octanol–water partition coefficient (Wildman–Crippen LogP) is 2.20. The average molecular weight is 157 g/mol. The second kappa shape index (κ2) is 7.48. The first-order valence-electron chi connectivity index (χ1n) is 3.96. The molecule has 0 aromatic rings. The minimum Gasteiger partial charge on any atom is -0.330 e. The van der Waals surface area contributed by atoms with Crippen molar-refractivity contribution in [3.63, 3.8) is 0 Å². The van der Waals surface area contributed by atoms with Gasteiger partial charge in [0.25, 0.3) is 0 Å². The number of hydrogen-bond acceptors (Lipinski definition) is 1.